The number of H-pyrrole nitrogens is 1. The largest absolute Gasteiger partial charge is 0.310 e. The van der Waals surface area contributed by atoms with Crippen molar-refractivity contribution in [1.29, 1.82) is 0 Å². The summed E-state index contributed by atoms with van der Waals surface area (Å²) in [4.78, 5) is 8.95. The smallest absolute Gasteiger partial charge is 0.214 e. The molecule has 0 radical (unpaired) electrons. The van der Waals surface area contributed by atoms with Gasteiger partial charge in [0.05, 0.1) is 17.9 Å². The molecule has 0 unspecified atom stereocenters. The zero-order valence-corrected chi connectivity index (χ0v) is 11.0. The van der Waals surface area contributed by atoms with Crippen LogP contribution in [0.4, 0.5) is 11.8 Å². The molecule has 6 nitrogen and oxygen atoms in total. The number of hydrogen-bond donors (Lipinski definition) is 2. The minimum absolute atomic E-state index is 0.755. The lowest BCUT2D eigenvalue weighted by molar-refractivity contribution is 0.825. The molecule has 0 atom stereocenters. The summed E-state index contributed by atoms with van der Waals surface area (Å²) >= 11 is 0. The van der Waals surface area contributed by atoms with E-state index in [-0.39, 0.29) is 0 Å². The molecule has 0 saturated carbocycles. The first-order valence-electron chi connectivity index (χ1n) is 6.38. The monoisotopic (exact) mass is 256 g/mol. The summed E-state index contributed by atoms with van der Waals surface area (Å²) in [7, 11) is 0. The molecular weight excluding hydrogens is 240 g/mol. The molecule has 3 rings (SSSR count). The molecule has 98 valence electrons. The predicted octanol–water partition coefficient (Wildman–Crippen LogP) is 2.46. The second-order valence-corrected chi connectivity index (χ2v) is 4.51. The predicted molar refractivity (Wildman–Crippen MR) is 73.6 cm³/mol. The quantitative estimate of drug-likeness (QED) is 0.752. The third-order valence-corrected chi connectivity index (χ3v) is 3.05. The van der Waals surface area contributed by atoms with E-state index in [1.54, 1.807) is 6.20 Å². The molecule has 0 amide bonds. The average Bonchev–Trinajstić information content (AvgIpc) is 3.03. The summed E-state index contributed by atoms with van der Waals surface area (Å²) in [6.07, 6.45) is 7.44. The molecule has 0 aromatic carbocycles. The van der Waals surface area contributed by atoms with Crippen LogP contribution in [0, 0.1) is 6.92 Å². The molecule has 0 aliphatic carbocycles. The highest BCUT2D eigenvalue weighted by molar-refractivity contribution is 5.60. The van der Waals surface area contributed by atoms with E-state index in [1.807, 2.05) is 25.4 Å². The summed E-state index contributed by atoms with van der Waals surface area (Å²) in [6, 6.07) is 1.86. The molecule has 0 bridgehead atoms. The Bertz CT molecular complexity index is 683. The fourth-order valence-electron chi connectivity index (χ4n) is 2.12. The van der Waals surface area contributed by atoms with Gasteiger partial charge in [0.1, 0.15) is 11.6 Å². The Morgan fingerprint density at radius 2 is 2.21 bits per heavy atom. The number of imidazole rings is 1. The van der Waals surface area contributed by atoms with Crippen LogP contribution in [0.5, 0.6) is 0 Å². The topological polar surface area (TPSA) is 70.9 Å². The molecule has 0 aliphatic heterocycles. The molecular formula is C13H16N6. The second kappa shape index (κ2) is 4.72. The highest BCUT2D eigenvalue weighted by atomic mass is 15.3. The van der Waals surface area contributed by atoms with E-state index in [4.69, 9.17) is 0 Å². The van der Waals surface area contributed by atoms with E-state index >= 15 is 0 Å². The maximum atomic E-state index is 4.49. The van der Waals surface area contributed by atoms with Crippen molar-refractivity contribution in [3.63, 3.8) is 0 Å². The zero-order valence-electron chi connectivity index (χ0n) is 11.0. The minimum Gasteiger partial charge on any atom is -0.310 e. The minimum atomic E-state index is 0.755. The maximum Gasteiger partial charge on any atom is 0.214 e. The third kappa shape index (κ3) is 2.05. The van der Waals surface area contributed by atoms with Gasteiger partial charge in [0.25, 0.3) is 0 Å². The Kier molecular flexibility index (Phi) is 2.91. The van der Waals surface area contributed by atoms with Gasteiger partial charge >= 0.3 is 0 Å². The van der Waals surface area contributed by atoms with E-state index < -0.39 is 0 Å². The lowest BCUT2D eigenvalue weighted by Crippen LogP contribution is -2.05. The lowest BCUT2D eigenvalue weighted by Gasteiger charge is -2.09. The Morgan fingerprint density at radius 1 is 1.32 bits per heavy atom. The van der Waals surface area contributed by atoms with Crippen molar-refractivity contribution in [1.82, 2.24) is 24.6 Å². The molecule has 0 fully saturated rings. The van der Waals surface area contributed by atoms with Crippen molar-refractivity contribution in [2.75, 3.05) is 5.32 Å². The number of hydrogen-bond acceptors (Lipinski definition) is 4. The van der Waals surface area contributed by atoms with E-state index in [0.717, 1.165) is 41.5 Å². The van der Waals surface area contributed by atoms with Crippen LogP contribution in [-0.2, 0) is 6.42 Å². The van der Waals surface area contributed by atoms with Crippen molar-refractivity contribution < 1.29 is 0 Å². The first kappa shape index (κ1) is 11.7. The van der Waals surface area contributed by atoms with Gasteiger partial charge in [-0.3, -0.25) is 9.50 Å². The van der Waals surface area contributed by atoms with Crippen LogP contribution in [0.2, 0.25) is 0 Å². The molecule has 6 heteroatoms. The first-order chi connectivity index (χ1) is 9.29. The standard InChI is InChI=1S/C13H16N6/c1-3-4-12-14-8-10-9(2)7-15-13(19(10)12)17-11-5-6-16-18-11/h5-8H,3-4H2,1-2H3,(H2,15,16,17,18). The SMILES string of the molecule is CCCc1ncc2c(C)cnc(Nc3ccn[nH]3)n12. The van der Waals surface area contributed by atoms with Gasteiger partial charge in [-0.05, 0) is 18.9 Å². The fraction of sp³-hybridized carbons (Fsp3) is 0.308. The molecule has 3 aromatic heterocycles. The van der Waals surface area contributed by atoms with Gasteiger partial charge in [0, 0.05) is 18.7 Å². The molecule has 0 saturated heterocycles. The van der Waals surface area contributed by atoms with Gasteiger partial charge < -0.3 is 5.32 Å². The van der Waals surface area contributed by atoms with Crippen LogP contribution in [-0.4, -0.2) is 24.6 Å². The average molecular weight is 256 g/mol. The molecule has 2 N–H and O–H groups in total. The van der Waals surface area contributed by atoms with Crippen molar-refractivity contribution in [2.45, 2.75) is 26.7 Å². The number of anilines is 2. The van der Waals surface area contributed by atoms with Crippen LogP contribution < -0.4 is 5.32 Å². The van der Waals surface area contributed by atoms with Gasteiger partial charge in [-0.2, -0.15) is 5.10 Å². The van der Waals surface area contributed by atoms with Gasteiger partial charge in [0.15, 0.2) is 0 Å². The van der Waals surface area contributed by atoms with Crippen molar-refractivity contribution in [3.8, 4) is 0 Å². The Morgan fingerprint density at radius 3 is 2.95 bits per heavy atom. The lowest BCUT2D eigenvalue weighted by atomic mass is 10.3. The third-order valence-electron chi connectivity index (χ3n) is 3.05. The van der Waals surface area contributed by atoms with E-state index in [2.05, 4.69) is 36.8 Å². The maximum absolute atomic E-state index is 4.49. The van der Waals surface area contributed by atoms with Crippen LogP contribution in [0.15, 0.2) is 24.7 Å². The van der Waals surface area contributed by atoms with E-state index in [9.17, 15) is 0 Å². The number of aromatic amines is 1. The van der Waals surface area contributed by atoms with Crippen LogP contribution >= 0.6 is 0 Å². The number of aromatic nitrogens is 5. The van der Waals surface area contributed by atoms with Gasteiger partial charge in [0.2, 0.25) is 5.95 Å². The van der Waals surface area contributed by atoms with Gasteiger partial charge in [-0.25, -0.2) is 9.97 Å². The van der Waals surface area contributed by atoms with Gasteiger partial charge in [-0.15, -0.1) is 0 Å². The molecule has 3 heterocycles. The molecule has 0 spiro atoms. The van der Waals surface area contributed by atoms with Crippen LogP contribution in [0.3, 0.4) is 0 Å². The highest BCUT2D eigenvalue weighted by Crippen LogP contribution is 2.19. The Labute approximate surface area is 110 Å². The summed E-state index contributed by atoms with van der Waals surface area (Å²) in [5.41, 5.74) is 2.20. The summed E-state index contributed by atoms with van der Waals surface area (Å²) in [6.45, 7) is 4.19. The van der Waals surface area contributed by atoms with Crippen molar-refractivity contribution in [3.05, 3.63) is 36.0 Å². The Hall–Kier alpha value is -2.37. The molecule has 3 aromatic rings. The first-order valence-corrected chi connectivity index (χ1v) is 6.38. The number of fused-ring (bicyclic) bond motifs is 1. The number of nitrogens with one attached hydrogen (secondary N) is 2. The highest BCUT2D eigenvalue weighted by Gasteiger charge is 2.11. The van der Waals surface area contributed by atoms with E-state index in [1.165, 1.54) is 0 Å². The zero-order chi connectivity index (χ0) is 13.2. The summed E-state index contributed by atoms with van der Waals surface area (Å²) in [5.74, 6) is 2.59. The van der Waals surface area contributed by atoms with Crippen molar-refractivity contribution in [2.24, 2.45) is 0 Å². The summed E-state index contributed by atoms with van der Waals surface area (Å²) < 4.78 is 2.07. The normalized spacial score (nSPS) is 11.1. The fourth-order valence-corrected chi connectivity index (χ4v) is 2.12. The number of nitrogens with zero attached hydrogens (tertiary/aromatic N) is 4. The van der Waals surface area contributed by atoms with Crippen molar-refractivity contribution >= 4 is 17.3 Å². The second-order valence-electron chi connectivity index (χ2n) is 4.51. The number of rotatable bonds is 4. The van der Waals surface area contributed by atoms with Gasteiger partial charge in [-0.1, -0.05) is 6.92 Å². The summed E-state index contributed by atoms with van der Waals surface area (Å²) in [5, 5.41) is 10.0. The molecule has 0 aliphatic rings. The molecule has 19 heavy (non-hydrogen) atoms. The van der Waals surface area contributed by atoms with E-state index in [0.29, 0.717) is 0 Å². The Balaban J connectivity index is 2.12. The van der Waals surface area contributed by atoms with Crippen LogP contribution in [0.1, 0.15) is 24.7 Å². The number of aryl methyl sites for hydroxylation is 2. The van der Waals surface area contributed by atoms with Crippen LogP contribution in [0.25, 0.3) is 5.52 Å².